The van der Waals surface area contributed by atoms with E-state index in [9.17, 15) is 4.79 Å². The largest absolute Gasteiger partial charge is 0.494 e. The molecule has 0 saturated heterocycles. The van der Waals surface area contributed by atoms with E-state index in [2.05, 4.69) is 5.32 Å². The SMILES string of the molecule is CCOc1ccc(C=CC(=O)NCCC(C)O)cc1. The summed E-state index contributed by atoms with van der Waals surface area (Å²) < 4.78 is 5.33. The van der Waals surface area contributed by atoms with Gasteiger partial charge >= 0.3 is 0 Å². The fourth-order valence-corrected chi connectivity index (χ4v) is 1.48. The summed E-state index contributed by atoms with van der Waals surface area (Å²) in [4.78, 5) is 11.5. The first kappa shape index (κ1) is 15.2. The van der Waals surface area contributed by atoms with Crippen molar-refractivity contribution in [3.05, 3.63) is 35.9 Å². The van der Waals surface area contributed by atoms with Crippen LogP contribution in [-0.2, 0) is 4.79 Å². The number of rotatable bonds is 7. The third kappa shape index (κ3) is 6.62. The van der Waals surface area contributed by atoms with Gasteiger partial charge < -0.3 is 15.2 Å². The molecule has 0 aliphatic heterocycles. The molecular weight excluding hydrogens is 242 g/mol. The Morgan fingerprint density at radius 1 is 1.42 bits per heavy atom. The minimum atomic E-state index is -0.393. The highest BCUT2D eigenvalue weighted by molar-refractivity contribution is 5.91. The summed E-state index contributed by atoms with van der Waals surface area (Å²) >= 11 is 0. The Kier molecular flexibility index (Phi) is 6.68. The van der Waals surface area contributed by atoms with Crippen LogP contribution < -0.4 is 10.1 Å². The van der Waals surface area contributed by atoms with E-state index in [1.807, 2.05) is 31.2 Å². The second kappa shape index (κ2) is 8.32. The molecule has 0 aliphatic carbocycles. The Bertz CT molecular complexity index is 410. The third-order valence-corrected chi connectivity index (χ3v) is 2.48. The van der Waals surface area contributed by atoms with Gasteiger partial charge in [0, 0.05) is 12.6 Å². The minimum absolute atomic E-state index is 0.158. The highest BCUT2D eigenvalue weighted by atomic mass is 16.5. The van der Waals surface area contributed by atoms with E-state index in [0.717, 1.165) is 11.3 Å². The number of nitrogens with one attached hydrogen (secondary N) is 1. The number of hydrogen-bond donors (Lipinski definition) is 2. The van der Waals surface area contributed by atoms with Crippen molar-refractivity contribution in [1.82, 2.24) is 5.32 Å². The number of aliphatic hydroxyl groups excluding tert-OH is 1. The molecule has 1 unspecified atom stereocenters. The molecule has 1 rings (SSSR count). The van der Waals surface area contributed by atoms with Gasteiger partial charge in [0.25, 0.3) is 0 Å². The van der Waals surface area contributed by atoms with Crippen molar-refractivity contribution in [1.29, 1.82) is 0 Å². The van der Waals surface area contributed by atoms with Crippen LogP contribution in [0.2, 0.25) is 0 Å². The van der Waals surface area contributed by atoms with Gasteiger partial charge in [-0.25, -0.2) is 0 Å². The minimum Gasteiger partial charge on any atom is -0.494 e. The number of hydrogen-bond acceptors (Lipinski definition) is 3. The Balaban J connectivity index is 2.40. The first-order chi connectivity index (χ1) is 9.11. The number of carbonyl (C=O) groups excluding carboxylic acids is 1. The molecule has 1 amide bonds. The van der Waals surface area contributed by atoms with E-state index in [0.29, 0.717) is 19.6 Å². The lowest BCUT2D eigenvalue weighted by atomic mass is 10.2. The molecule has 0 aliphatic rings. The monoisotopic (exact) mass is 263 g/mol. The Hall–Kier alpha value is -1.81. The quantitative estimate of drug-likeness (QED) is 0.740. The fourth-order valence-electron chi connectivity index (χ4n) is 1.48. The molecule has 0 aromatic heterocycles. The van der Waals surface area contributed by atoms with Crippen LogP contribution >= 0.6 is 0 Å². The summed E-state index contributed by atoms with van der Waals surface area (Å²) in [7, 11) is 0. The maximum Gasteiger partial charge on any atom is 0.244 e. The van der Waals surface area contributed by atoms with Crippen molar-refractivity contribution in [2.24, 2.45) is 0 Å². The van der Waals surface area contributed by atoms with Crippen LogP contribution in [0.25, 0.3) is 6.08 Å². The fraction of sp³-hybridized carbons (Fsp3) is 0.400. The van der Waals surface area contributed by atoms with Gasteiger partial charge in [-0.3, -0.25) is 4.79 Å². The van der Waals surface area contributed by atoms with Gasteiger partial charge in [-0.15, -0.1) is 0 Å². The average molecular weight is 263 g/mol. The van der Waals surface area contributed by atoms with Crippen LogP contribution in [0.5, 0.6) is 5.75 Å². The molecule has 0 bridgehead atoms. The van der Waals surface area contributed by atoms with Crippen LogP contribution in [0.15, 0.2) is 30.3 Å². The number of amides is 1. The zero-order valence-electron chi connectivity index (χ0n) is 11.4. The average Bonchev–Trinajstić information content (AvgIpc) is 2.38. The zero-order chi connectivity index (χ0) is 14.1. The van der Waals surface area contributed by atoms with E-state index in [1.54, 1.807) is 13.0 Å². The predicted octanol–water partition coefficient (Wildman–Crippen LogP) is 1.99. The maximum absolute atomic E-state index is 11.5. The summed E-state index contributed by atoms with van der Waals surface area (Å²) in [5.74, 6) is 0.663. The van der Waals surface area contributed by atoms with Crippen LogP contribution in [0.1, 0.15) is 25.8 Å². The van der Waals surface area contributed by atoms with Crippen molar-refractivity contribution in [2.45, 2.75) is 26.4 Å². The van der Waals surface area contributed by atoms with Crippen LogP contribution in [0.3, 0.4) is 0 Å². The van der Waals surface area contributed by atoms with Crippen molar-refractivity contribution >= 4 is 12.0 Å². The molecule has 0 saturated carbocycles. The summed E-state index contributed by atoms with van der Waals surface area (Å²) in [6.45, 7) is 4.75. The van der Waals surface area contributed by atoms with E-state index >= 15 is 0 Å². The van der Waals surface area contributed by atoms with Crippen molar-refractivity contribution in [3.63, 3.8) is 0 Å². The van der Waals surface area contributed by atoms with E-state index in [4.69, 9.17) is 9.84 Å². The number of aliphatic hydroxyl groups is 1. The van der Waals surface area contributed by atoms with Gasteiger partial charge in [0.15, 0.2) is 0 Å². The summed E-state index contributed by atoms with van der Waals surface area (Å²) in [6, 6.07) is 7.53. The number of benzene rings is 1. The molecule has 2 N–H and O–H groups in total. The molecule has 0 heterocycles. The number of ether oxygens (including phenoxy) is 1. The van der Waals surface area contributed by atoms with Gasteiger partial charge in [0.1, 0.15) is 5.75 Å². The van der Waals surface area contributed by atoms with Gasteiger partial charge in [-0.05, 0) is 44.0 Å². The Morgan fingerprint density at radius 3 is 2.68 bits per heavy atom. The van der Waals surface area contributed by atoms with Crippen LogP contribution in [0.4, 0.5) is 0 Å². The third-order valence-electron chi connectivity index (χ3n) is 2.48. The van der Waals surface area contributed by atoms with E-state index < -0.39 is 6.10 Å². The molecule has 19 heavy (non-hydrogen) atoms. The molecule has 0 fully saturated rings. The van der Waals surface area contributed by atoms with Crippen molar-refractivity contribution in [2.75, 3.05) is 13.2 Å². The summed E-state index contributed by atoms with van der Waals surface area (Å²) in [6.07, 6.45) is 3.39. The summed E-state index contributed by atoms with van der Waals surface area (Å²) in [5.41, 5.74) is 0.939. The van der Waals surface area contributed by atoms with E-state index in [1.165, 1.54) is 6.08 Å². The highest BCUT2D eigenvalue weighted by Crippen LogP contribution is 2.12. The van der Waals surface area contributed by atoms with Gasteiger partial charge in [0.2, 0.25) is 5.91 Å². The molecule has 1 aromatic carbocycles. The van der Waals surface area contributed by atoms with E-state index in [-0.39, 0.29) is 5.91 Å². The zero-order valence-corrected chi connectivity index (χ0v) is 11.4. The second-order valence-corrected chi connectivity index (χ2v) is 4.26. The van der Waals surface area contributed by atoms with Crippen LogP contribution in [-0.4, -0.2) is 30.3 Å². The van der Waals surface area contributed by atoms with Gasteiger partial charge in [0.05, 0.1) is 12.7 Å². The van der Waals surface area contributed by atoms with Crippen molar-refractivity contribution in [3.8, 4) is 5.75 Å². The standard InChI is InChI=1S/C15H21NO3/c1-3-19-14-7-4-13(5-8-14)6-9-15(18)16-11-10-12(2)17/h4-9,12,17H,3,10-11H2,1-2H3,(H,16,18). The topological polar surface area (TPSA) is 58.6 Å². The lowest BCUT2D eigenvalue weighted by molar-refractivity contribution is -0.116. The molecule has 104 valence electrons. The first-order valence-corrected chi connectivity index (χ1v) is 6.48. The number of carbonyl (C=O) groups is 1. The second-order valence-electron chi connectivity index (χ2n) is 4.26. The van der Waals surface area contributed by atoms with Crippen molar-refractivity contribution < 1.29 is 14.6 Å². The molecule has 0 spiro atoms. The maximum atomic E-state index is 11.5. The summed E-state index contributed by atoms with van der Waals surface area (Å²) in [5, 5.41) is 11.8. The molecule has 1 aromatic rings. The van der Waals surface area contributed by atoms with Crippen LogP contribution in [0, 0.1) is 0 Å². The first-order valence-electron chi connectivity index (χ1n) is 6.48. The lowest BCUT2D eigenvalue weighted by Crippen LogP contribution is -2.24. The molecule has 4 nitrogen and oxygen atoms in total. The molecule has 1 atom stereocenters. The lowest BCUT2D eigenvalue weighted by Gasteiger charge is -2.04. The molecular formula is C15H21NO3. The Labute approximate surface area is 114 Å². The molecule has 4 heteroatoms. The molecule has 0 radical (unpaired) electrons. The highest BCUT2D eigenvalue weighted by Gasteiger charge is 1.98. The Morgan fingerprint density at radius 2 is 2.11 bits per heavy atom. The van der Waals surface area contributed by atoms with Gasteiger partial charge in [-0.1, -0.05) is 12.1 Å². The smallest absolute Gasteiger partial charge is 0.244 e. The predicted molar refractivity (Wildman–Crippen MR) is 76.0 cm³/mol. The van der Waals surface area contributed by atoms with Gasteiger partial charge in [-0.2, -0.15) is 0 Å². The normalized spacial score (nSPS) is 12.4.